The van der Waals surface area contributed by atoms with Crippen molar-refractivity contribution in [1.29, 1.82) is 0 Å². The van der Waals surface area contributed by atoms with Crippen molar-refractivity contribution in [3.63, 3.8) is 0 Å². The van der Waals surface area contributed by atoms with E-state index in [2.05, 4.69) is 53.7 Å². The van der Waals surface area contributed by atoms with Gasteiger partial charge in [0.05, 0.1) is 0 Å². The van der Waals surface area contributed by atoms with Gasteiger partial charge in [-0.1, -0.05) is 13.0 Å². The minimum absolute atomic E-state index is 0.848. The number of aromatic nitrogens is 3. The molecule has 110 valence electrons. The summed E-state index contributed by atoms with van der Waals surface area (Å²) in [5, 5.41) is 0. The van der Waals surface area contributed by atoms with Crippen LogP contribution in [0.5, 0.6) is 0 Å². The second-order valence-corrected chi connectivity index (χ2v) is 5.79. The predicted octanol–water partition coefficient (Wildman–Crippen LogP) is 2.52. The van der Waals surface area contributed by atoms with Crippen LogP contribution >= 0.6 is 15.9 Å². The van der Waals surface area contributed by atoms with E-state index >= 15 is 0 Å². The molecule has 3 heterocycles. The summed E-state index contributed by atoms with van der Waals surface area (Å²) in [4.78, 5) is 18.0. The lowest BCUT2D eigenvalue weighted by atomic mass is 10.3. The average molecular weight is 348 g/mol. The summed E-state index contributed by atoms with van der Waals surface area (Å²) in [5.41, 5.74) is 0. The second kappa shape index (κ2) is 6.39. The van der Waals surface area contributed by atoms with Crippen LogP contribution in [0.15, 0.2) is 35.1 Å². The number of anilines is 2. The number of hydrogen-bond acceptors (Lipinski definition) is 5. The molecule has 0 amide bonds. The molecule has 0 spiro atoms. The fourth-order valence-corrected chi connectivity index (χ4v) is 2.89. The number of halogens is 1. The van der Waals surface area contributed by atoms with E-state index in [0.717, 1.165) is 54.7 Å². The van der Waals surface area contributed by atoms with Gasteiger partial charge in [-0.2, -0.15) is 0 Å². The molecule has 0 N–H and O–H groups in total. The topological polar surface area (TPSA) is 45.2 Å². The van der Waals surface area contributed by atoms with Crippen LogP contribution < -0.4 is 9.80 Å². The fraction of sp³-hybridized carbons (Fsp3) is 0.400. The molecule has 1 aliphatic heterocycles. The Morgan fingerprint density at radius 3 is 2.38 bits per heavy atom. The average Bonchev–Trinajstić information content (AvgIpc) is 2.55. The molecule has 1 saturated heterocycles. The van der Waals surface area contributed by atoms with Crippen LogP contribution in [0.1, 0.15) is 12.7 Å². The summed E-state index contributed by atoms with van der Waals surface area (Å²) in [6.45, 7) is 5.89. The molecule has 0 unspecified atom stereocenters. The molecule has 0 aromatic carbocycles. The maximum Gasteiger partial charge on any atom is 0.133 e. The van der Waals surface area contributed by atoms with Gasteiger partial charge in [0.1, 0.15) is 22.1 Å². The minimum atomic E-state index is 0.848. The van der Waals surface area contributed by atoms with E-state index in [9.17, 15) is 0 Å². The van der Waals surface area contributed by atoms with E-state index in [1.807, 2.05) is 24.4 Å². The Kier molecular flexibility index (Phi) is 4.34. The number of rotatable bonds is 3. The molecule has 0 saturated carbocycles. The second-order valence-electron chi connectivity index (χ2n) is 4.98. The quantitative estimate of drug-likeness (QED) is 0.798. The van der Waals surface area contributed by atoms with Crippen molar-refractivity contribution in [2.45, 2.75) is 13.3 Å². The molecule has 0 radical (unpaired) electrons. The van der Waals surface area contributed by atoms with Gasteiger partial charge in [-0.15, -0.1) is 0 Å². The van der Waals surface area contributed by atoms with E-state index < -0.39 is 0 Å². The van der Waals surface area contributed by atoms with Crippen molar-refractivity contribution in [3.05, 3.63) is 40.9 Å². The van der Waals surface area contributed by atoms with Crippen LogP contribution in [-0.2, 0) is 6.42 Å². The highest BCUT2D eigenvalue weighted by atomic mass is 79.9. The van der Waals surface area contributed by atoms with Gasteiger partial charge in [-0.05, 0) is 28.1 Å². The van der Waals surface area contributed by atoms with Crippen LogP contribution in [0, 0.1) is 0 Å². The summed E-state index contributed by atoms with van der Waals surface area (Å²) >= 11 is 3.47. The predicted molar refractivity (Wildman–Crippen MR) is 87.8 cm³/mol. The number of nitrogens with zero attached hydrogens (tertiary/aromatic N) is 5. The van der Waals surface area contributed by atoms with Gasteiger partial charge in [0.15, 0.2) is 0 Å². The Hall–Kier alpha value is -1.69. The number of hydrogen-bond donors (Lipinski definition) is 0. The smallest absolute Gasteiger partial charge is 0.133 e. The third kappa shape index (κ3) is 3.32. The zero-order valence-electron chi connectivity index (χ0n) is 12.0. The molecule has 2 aromatic rings. The molecule has 3 rings (SSSR count). The van der Waals surface area contributed by atoms with Crippen molar-refractivity contribution >= 4 is 27.6 Å². The van der Waals surface area contributed by atoms with Gasteiger partial charge in [-0.25, -0.2) is 15.0 Å². The van der Waals surface area contributed by atoms with Crippen molar-refractivity contribution in [2.75, 3.05) is 36.0 Å². The molecule has 1 aliphatic rings. The molecule has 0 bridgehead atoms. The third-order valence-electron chi connectivity index (χ3n) is 3.62. The Bertz CT molecular complexity index is 596. The number of aryl methyl sites for hydroxylation is 1. The molecule has 6 heteroatoms. The van der Waals surface area contributed by atoms with Crippen LogP contribution in [0.25, 0.3) is 0 Å². The highest BCUT2D eigenvalue weighted by molar-refractivity contribution is 9.10. The molecule has 1 fully saturated rings. The van der Waals surface area contributed by atoms with E-state index in [4.69, 9.17) is 0 Å². The number of pyridine rings is 1. The first kappa shape index (κ1) is 14.3. The maximum absolute atomic E-state index is 4.62. The van der Waals surface area contributed by atoms with Gasteiger partial charge in [0.2, 0.25) is 0 Å². The van der Waals surface area contributed by atoms with Crippen molar-refractivity contribution in [3.8, 4) is 0 Å². The van der Waals surface area contributed by atoms with E-state index in [1.54, 1.807) is 0 Å². The van der Waals surface area contributed by atoms with Gasteiger partial charge in [0.25, 0.3) is 0 Å². The SMILES string of the molecule is CCc1nc(Br)cc(N2CCN(c3ccccn3)CC2)n1. The highest BCUT2D eigenvalue weighted by Crippen LogP contribution is 2.20. The monoisotopic (exact) mass is 347 g/mol. The lowest BCUT2D eigenvalue weighted by Crippen LogP contribution is -2.47. The third-order valence-corrected chi connectivity index (χ3v) is 4.03. The van der Waals surface area contributed by atoms with Crippen molar-refractivity contribution in [2.24, 2.45) is 0 Å². The standard InChI is InChI=1S/C15H18BrN5/c1-2-13-18-12(16)11-15(19-13)21-9-7-20(8-10-21)14-5-3-4-6-17-14/h3-6,11H,2,7-10H2,1H3. The summed E-state index contributed by atoms with van der Waals surface area (Å²) in [6.07, 6.45) is 2.69. The minimum Gasteiger partial charge on any atom is -0.353 e. The van der Waals surface area contributed by atoms with Crippen LogP contribution in [0.2, 0.25) is 0 Å². The Morgan fingerprint density at radius 2 is 1.76 bits per heavy atom. The Morgan fingerprint density at radius 1 is 1.05 bits per heavy atom. The molecule has 0 aliphatic carbocycles. The first-order chi connectivity index (χ1) is 10.3. The molecular formula is C15H18BrN5. The summed E-state index contributed by atoms with van der Waals surface area (Å²) in [6, 6.07) is 8.04. The summed E-state index contributed by atoms with van der Waals surface area (Å²) in [7, 11) is 0. The van der Waals surface area contributed by atoms with E-state index in [1.165, 1.54) is 0 Å². The Balaban J connectivity index is 1.70. The van der Waals surface area contributed by atoms with Gasteiger partial charge >= 0.3 is 0 Å². The number of piperazine rings is 1. The molecular weight excluding hydrogens is 330 g/mol. The molecule has 2 aromatic heterocycles. The first-order valence-electron chi connectivity index (χ1n) is 7.20. The lowest BCUT2D eigenvalue weighted by molar-refractivity contribution is 0.639. The van der Waals surface area contributed by atoms with Crippen LogP contribution in [0.3, 0.4) is 0 Å². The summed E-state index contributed by atoms with van der Waals surface area (Å²) < 4.78 is 0.858. The van der Waals surface area contributed by atoms with Crippen LogP contribution in [0.4, 0.5) is 11.6 Å². The highest BCUT2D eigenvalue weighted by Gasteiger charge is 2.19. The van der Waals surface area contributed by atoms with Crippen LogP contribution in [-0.4, -0.2) is 41.1 Å². The maximum atomic E-state index is 4.62. The van der Waals surface area contributed by atoms with E-state index in [0.29, 0.717) is 0 Å². The molecule has 5 nitrogen and oxygen atoms in total. The normalized spacial score (nSPS) is 15.3. The zero-order chi connectivity index (χ0) is 14.7. The molecule has 21 heavy (non-hydrogen) atoms. The van der Waals surface area contributed by atoms with Crippen molar-refractivity contribution < 1.29 is 0 Å². The zero-order valence-corrected chi connectivity index (χ0v) is 13.6. The lowest BCUT2D eigenvalue weighted by Gasteiger charge is -2.36. The first-order valence-corrected chi connectivity index (χ1v) is 8.00. The van der Waals surface area contributed by atoms with Gasteiger partial charge in [0, 0.05) is 44.9 Å². The van der Waals surface area contributed by atoms with Gasteiger partial charge in [-0.3, -0.25) is 0 Å². The largest absolute Gasteiger partial charge is 0.353 e. The Labute approximate surface area is 133 Å². The summed E-state index contributed by atoms with van der Waals surface area (Å²) in [5.74, 6) is 2.94. The molecule has 0 atom stereocenters. The van der Waals surface area contributed by atoms with E-state index in [-0.39, 0.29) is 0 Å². The fourth-order valence-electron chi connectivity index (χ4n) is 2.48. The van der Waals surface area contributed by atoms with Gasteiger partial charge < -0.3 is 9.80 Å². The van der Waals surface area contributed by atoms with Crippen molar-refractivity contribution in [1.82, 2.24) is 15.0 Å².